The van der Waals surface area contributed by atoms with Gasteiger partial charge in [0.15, 0.2) is 6.61 Å². The van der Waals surface area contributed by atoms with Gasteiger partial charge in [-0.1, -0.05) is 28.1 Å². The van der Waals surface area contributed by atoms with E-state index in [9.17, 15) is 14.4 Å². The van der Waals surface area contributed by atoms with Crippen LogP contribution >= 0.6 is 27.3 Å². The number of halogens is 1. The van der Waals surface area contributed by atoms with E-state index in [4.69, 9.17) is 10.5 Å². The second-order valence-electron chi connectivity index (χ2n) is 4.54. The van der Waals surface area contributed by atoms with Crippen molar-refractivity contribution in [3.63, 3.8) is 0 Å². The number of hydrogen-bond acceptors (Lipinski definition) is 5. The summed E-state index contributed by atoms with van der Waals surface area (Å²) in [6.45, 7) is -0.425. The number of anilines is 1. The van der Waals surface area contributed by atoms with Crippen molar-refractivity contribution in [1.29, 1.82) is 0 Å². The first-order chi connectivity index (χ1) is 11.0. The molecule has 3 N–H and O–H groups in total. The van der Waals surface area contributed by atoms with Gasteiger partial charge in [-0.15, -0.1) is 11.3 Å². The number of primary amides is 1. The summed E-state index contributed by atoms with van der Waals surface area (Å²) in [5.74, 6) is -1.67. The highest BCUT2D eigenvalue weighted by atomic mass is 79.9. The average Bonchev–Trinajstić information content (AvgIpc) is 2.96. The molecule has 6 nitrogen and oxygen atoms in total. The molecule has 0 atom stereocenters. The number of esters is 1. The first kappa shape index (κ1) is 17.2. The van der Waals surface area contributed by atoms with Crippen LogP contribution in [0.4, 0.5) is 5.00 Å². The third-order valence-electron chi connectivity index (χ3n) is 2.81. The van der Waals surface area contributed by atoms with E-state index in [1.165, 1.54) is 17.4 Å². The highest BCUT2D eigenvalue weighted by Gasteiger charge is 2.14. The maximum atomic E-state index is 11.7. The van der Waals surface area contributed by atoms with Crippen LogP contribution in [-0.2, 0) is 20.7 Å². The van der Waals surface area contributed by atoms with Crippen molar-refractivity contribution in [1.82, 2.24) is 0 Å². The summed E-state index contributed by atoms with van der Waals surface area (Å²) in [6, 6.07) is 8.73. The molecule has 0 unspecified atom stereocenters. The normalized spacial score (nSPS) is 10.1. The number of carbonyl (C=O) groups is 3. The standard InChI is InChI=1S/C15H13BrN2O4S/c16-10-3-1-9(2-4-10)7-13(20)22-8-12(19)18-15-11(14(17)21)5-6-23-15/h1-6H,7-8H2,(H2,17,21)(H,18,19). The Morgan fingerprint density at radius 2 is 1.87 bits per heavy atom. The maximum Gasteiger partial charge on any atom is 0.310 e. The molecule has 1 heterocycles. The van der Waals surface area contributed by atoms with Crippen molar-refractivity contribution in [2.75, 3.05) is 11.9 Å². The molecular formula is C15H13BrN2O4S. The van der Waals surface area contributed by atoms with Crippen molar-refractivity contribution < 1.29 is 19.1 Å². The fourth-order valence-corrected chi connectivity index (χ4v) is 2.80. The van der Waals surface area contributed by atoms with E-state index in [1.807, 2.05) is 12.1 Å². The lowest BCUT2D eigenvalue weighted by Gasteiger charge is -2.06. The first-order valence-electron chi connectivity index (χ1n) is 6.53. The summed E-state index contributed by atoms with van der Waals surface area (Å²) < 4.78 is 5.83. The third kappa shape index (κ3) is 5.19. The van der Waals surface area contributed by atoms with Gasteiger partial charge in [0.1, 0.15) is 5.00 Å². The molecule has 8 heteroatoms. The van der Waals surface area contributed by atoms with Crippen LogP contribution in [0.2, 0.25) is 0 Å². The molecule has 0 fully saturated rings. The topological polar surface area (TPSA) is 98.5 Å². The third-order valence-corrected chi connectivity index (χ3v) is 4.17. The molecule has 0 bridgehead atoms. The van der Waals surface area contributed by atoms with E-state index in [0.717, 1.165) is 10.0 Å². The molecule has 2 aromatic rings. The van der Waals surface area contributed by atoms with E-state index in [2.05, 4.69) is 21.2 Å². The molecule has 0 aliphatic heterocycles. The fraction of sp³-hybridized carbons (Fsp3) is 0.133. The molecular weight excluding hydrogens is 384 g/mol. The van der Waals surface area contributed by atoms with Crippen molar-refractivity contribution in [3.05, 3.63) is 51.3 Å². The SMILES string of the molecule is NC(=O)c1ccsc1NC(=O)COC(=O)Cc1ccc(Br)cc1. The average molecular weight is 397 g/mol. The van der Waals surface area contributed by atoms with Gasteiger partial charge in [0, 0.05) is 4.47 Å². The number of ether oxygens (including phenoxy) is 1. The van der Waals surface area contributed by atoms with Gasteiger partial charge < -0.3 is 15.8 Å². The maximum absolute atomic E-state index is 11.7. The van der Waals surface area contributed by atoms with Gasteiger partial charge in [-0.3, -0.25) is 14.4 Å². The Morgan fingerprint density at radius 1 is 1.17 bits per heavy atom. The molecule has 0 radical (unpaired) electrons. The van der Waals surface area contributed by atoms with Gasteiger partial charge in [0.25, 0.3) is 11.8 Å². The molecule has 0 saturated carbocycles. The van der Waals surface area contributed by atoms with Crippen LogP contribution in [0.3, 0.4) is 0 Å². The summed E-state index contributed by atoms with van der Waals surface area (Å²) in [5.41, 5.74) is 6.19. The fourth-order valence-electron chi connectivity index (χ4n) is 1.73. The highest BCUT2D eigenvalue weighted by molar-refractivity contribution is 9.10. The monoisotopic (exact) mass is 396 g/mol. The van der Waals surface area contributed by atoms with Crippen LogP contribution < -0.4 is 11.1 Å². The second kappa shape index (κ2) is 7.89. The Hall–Kier alpha value is -2.19. The predicted octanol–water partition coefficient (Wildman–Crippen LogP) is 2.33. The lowest BCUT2D eigenvalue weighted by molar-refractivity contribution is -0.146. The number of nitrogens with one attached hydrogen (secondary N) is 1. The van der Waals surface area contributed by atoms with Crippen LogP contribution in [0.5, 0.6) is 0 Å². The predicted molar refractivity (Wildman–Crippen MR) is 90.3 cm³/mol. The van der Waals surface area contributed by atoms with Gasteiger partial charge in [-0.05, 0) is 29.1 Å². The van der Waals surface area contributed by atoms with E-state index < -0.39 is 24.4 Å². The lowest BCUT2D eigenvalue weighted by atomic mass is 10.2. The van der Waals surface area contributed by atoms with Crippen LogP contribution in [-0.4, -0.2) is 24.4 Å². The van der Waals surface area contributed by atoms with Crippen LogP contribution in [0.15, 0.2) is 40.2 Å². The Labute approximate surface area is 144 Å². The Morgan fingerprint density at radius 3 is 2.52 bits per heavy atom. The number of hydrogen-bond donors (Lipinski definition) is 2. The molecule has 2 amide bonds. The number of carbonyl (C=O) groups excluding carboxylic acids is 3. The number of amides is 2. The largest absolute Gasteiger partial charge is 0.455 e. The summed E-state index contributed by atoms with van der Waals surface area (Å²) in [7, 11) is 0. The number of thiophene rings is 1. The zero-order valence-corrected chi connectivity index (χ0v) is 14.3. The number of rotatable bonds is 6. The minimum Gasteiger partial charge on any atom is -0.455 e. The van der Waals surface area contributed by atoms with E-state index in [-0.39, 0.29) is 12.0 Å². The molecule has 0 aliphatic rings. The van der Waals surface area contributed by atoms with E-state index in [0.29, 0.717) is 5.00 Å². The minimum atomic E-state index is -0.631. The zero-order valence-electron chi connectivity index (χ0n) is 11.9. The van der Waals surface area contributed by atoms with Gasteiger partial charge >= 0.3 is 5.97 Å². The van der Waals surface area contributed by atoms with Crippen LogP contribution in [0.25, 0.3) is 0 Å². The first-order valence-corrected chi connectivity index (χ1v) is 8.20. The van der Waals surface area contributed by atoms with Crippen molar-refractivity contribution in [2.24, 2.45) is 5.73 Å². The Balaban J connectivity index is 1.82. The molecule has 1 aromatic heterocycles. The smallest absolute Gasteiger partial charge is 0.310 e. The van der Waals surface area contributed by atoms with Crippen molar-refractivity contribution in [2.45, 2.75) is 6.42 Å². The van der Waals surface area contributed by atoms with Crippen LogP contribution in [0, 0.1) is 0 Å². The van der Waals surface area contributed by atoms with E-state index in [1.54, 1.807) is 17.5 Å². The van der Waals surface area contributed by atoms with Gasteiger partial charge in [0.2, 0.25) is 0 Å². The minimum absolute atomic E-state index is 0.0755. The van der Waals surface area contributed by atoms with Crippen LogP contribution in [0.1, 0.15) is 15.9 Å². The zero-order chi connectivity index (χ0) is 16.8. The lowest BCUT2D eigenvalue weighted by Crippen LogP contribution is -2.22. The summed E-state index contributed by atoms with van der Waals surface area (Å²) >= 11 is 4.47. The van der Waals surface area contributed by atoms with Gasteiger partial charge in [-0.25, -0.2) is 0 Å². The van der Waals surface area contributed by atoms with Gasteiger partial charge in [-0.2, -0.15) is 0 Å². The molecule has 0 spiro atoms. The van der Waals surface area contributed by atoms with Crippen molar-refractivity contribution >= 4 is 50.1 Å². The number of benzene rings is 1. The molecule has 0 saturated heterocycles. The molecule has 1 aromatic carbocycles. The molecule has 0 aliphatic carbocycles. The Kier molecular flexibility index (Phi) is 5.89. The quantitative estimate of drug-likeness (QED) is 0.731. The Bertz CT molecular complexity index is 727. The summed E-state index contributed by atoms with van der Waals surface area (Å²) in [5, 5.41) is 4.47. The second-order valence-corrected chi connectivity index (χ2v) is 6.37. The number of nitrogens with two attached hydrogens (primary N) is 1. The molecule has 2 rings (SSSR count). The molecule has 120 valence electrons. The molecule has 23 heavy (non-hydrogen) atoms. The van der Waals surface area contributed by atoms with Gasteiger partial charge in [0.05, 0.1) is 12.0 Å². The summed E-state index contributed by atoms with van der Waals surface area (Å²) in [4.78, 5) is 34.6. The summed E-state index contributed by atoms with van der Waals surface area (Å²) in [6.07, 6.45) is 0.0755. The van der Waals surface area contributed by atoms with E-state index >= 15 is 0 Å². The van der Waals surface area contributed by atoms with Crippen molar-refractivity contribution in [3.8, 4) is 0 Å². The highest BCUT2D eigenvalue weighted by Crippen LogP contribution is 2.22.